The van der Waals surface area contributed by atoms with Gasteiger partial charge in [0.25, 0.3) is 0 Å². The van der Waals surface area contributed by atoms with E-state index in [1.165, 1.54) is 0 Å². The summed E-state index contributed by atoms with van der Waals surface area (Å²) in [6.45, 7) is 2.59. The molecule has 1 heterocycles. The molecule has 1 fully saturated rings. The van der Waals surface area contributed by atoms with Crippen molar-refractivity contribution in [2.75, 3.05) is 6.61 Å². The zero-order valence-corrected chi connectivity index (χ0v) is 7.49. The third-order valence-electron chi connectivity index (χ3n) is 1.87. The molecule has 0 N–H and O–H groups in total. The summed E-state index contributed by atoms with van der Waals surface area (Å²) in [4.78, 5) is 11.3. The molecule has 0 saturated carbocycles. The zero-order valence-electron chi connectivity index (χ0n) is 6.73. The van der Waals surface area contributed by atoms with Crippen LogP contribution >= 0.6 is 11.6 Å². The van der Waals surface area contributed by atoms with Gasteiger partial charge < -0.3 is 4.74 Å². The average Bonchev–Trinajstić information content (AvgIpc) is 2.38. The predicted molar refractivity (Wildman–Crippen MR) is 43.7 cm³/mol. The minimum atomic E-state index is -0.962. The predicted octanol–water partition coefficient (Wildman–Crippen LogP) is 2.10. The third kappa shape index (κ3) is 1.94. The highest BCUT2D eigenvalue weighted by atomic mass is 35.5. The number of Topliss-reactive ketones (excluding diaryl/α,β-unsaturated/α-hetero) is 1. The Morgan fingerprint density at radius 2 is 2.45 bits per heavy atom. The number of carbonyl (C=O) groups excluding carboxylic acids is 1. The average molecular weight is 177 g/mol. The van der Waals surface area contributed by atoms with Gasteiger partial charge in [0.1, 0.15) is 0 Å². The summed E-state index contributed by atoms with van der Waals surface area (Å²) < 4.78 is 5.17. The molecular formula is C8H13ClO2. The van der Waals surface area contributed by atoms with Crippen LogP contribution in [0.1, 0.15) is 32.6 Å². The van der Waals surface area contributed by atoms with Crippen LogP contribution in [0.25, 0.3) is 0 Å². The molecule has 11 heavy (non-hydrogen) atoms. The quantitative estimate of drug-likeness (QED) is 0.616. The van der Waals surface area contributed by atoms with Crippen LogP contribution in [0, 0.1) is 0 Å². The molecular weight excluding hydrogens is 164 g/mol. The van der Waals surface area contributed by atoms with Crippen molar-refractivity contribution in [2.45, 2.75) is 37.7 Å². The summed E-state index contributed by atoms with van der Waals surface area (Å²) >= 11 is 5.93. The fourth-order valence-electron chi connectivity index (χ4n) is 1.24. The first-order valence-corrected chi connectivity index (χ1v) is 4.43. The van der Waals surface area contributed by atoms with E-state index in [4.69, 9.17) is 16.3 Å². The Kier molecular flexibility index (Phi) is 2.90. The molecule has 1 atom stereocenters. The van der Waals surface area contributed by atoms with Crippen LogP contribution in [0.5, 0.6) is 0 Å². The van der Waals surface area contributed by atoms with Crippen molar-refractivity contribution in [3.05, 3.63) is 0 Å². The van der Waals surface area contributed by atoms with Crippen LogP contribution in [-0.4, -0.2) is 17.5 Å². The summed E-state index contributed by atoms with van der Waals surface area (Å²) in [6, 6.07) is 0. The monoisotopic (exact) mass is 176 g/mol. The largest absolute Gasteiger partial charge is 0.353 e. The van der Waals surface area contributed by atoms with Crippen molar-refractivity contribution in [1.82, 2.24) is 0 Å². The minimum absolute atomic E-state index is 0.0409. The van der Waals surface area contributed by atoms with E-state index >= 15 is 0 Å². The highest BCUT2D eigenvalue weighted by Gasteiger charge is 2.39. The first-order valence-electron chi connectivity index (χ1n) is 4.05. The van der Waals surface area contributed by atoms with Gasteiger partial charge in [0.05, 0.1) is 0 Å². The minimum Gasteiger partial charge on any atom is -0.353 e. The third-order valence-corrected chi connectivity index (χ3v) is 2.38. The molecule has 0 aliphatic carbocycles. The summed E-state index contributed by atoms with van der Waals surface area (Å²) in [7, 11) is 0. The zero-order chi connectivity index (χ0) is 8.32. The van der Waals surface area contributed by atoms with Gasteiger partial charge in [0.2, 0.25) is 0 Å². The maximum absolute atomic E-state index is 11.3. The smallest absolute Gasteiger partial charge is 0.200 e. The lowest BCUT2D eigenvalue weighted by Crippen LogP contribution is -2.30. The van der Waals surface area contributed by atoms with Crippen LogP contribution in [0.2, 0.25) is 0 Å². The lowest BCUT2D eigenvalue weighted by molar-refractivity contribution is -0.131. The molecule has 1 aliphatic heterocycles. The molecule has 1 aliphatic rings. The molecule has 1 rings (SSSR count). The van der Waals surface area contributed by atoms with Crippen molar-refractivity contribution < 1.29 is 9.53 Å². The normalized spacial score (nSPS) is 30.7. The van der Waals surface area contributed by atoms with E-state index in [9.17, 15) is 4.79 Å². The van der Waals surface area contributed by atoms with Gasteiger partial charge in [-0.1, -0.05) is 18.5 Å². The Hall–Kier alpha value is -0.0800. The van der Waals surface area contributed by atoms with Crippen LogP contribution in [0.3, 0.4) is 0 Å². The van der Waals surface area contributed by atoms with Gasteiger partial charge >= 0.3 is 0 Å². The summed E-state index contributed by atoms with van der Waals surface area (Å²) in [5.74, 6) is 0.0409. The van der Waals surface area contributed by atoms with E-state index in [2.05, 4.69) is 0 Å². The molecule has 1 saturated heterocycles. The standard InChI is InChI=1S/C8H13ClO2/c1-2-4-7(10)8(9)5-3-6-11-8/h2-6H2,1H3. The Bertz CT molecular complexity index is 150. The van der Waals surface area contributed by atoms with Gasteiger partial charge in [-0.2, -0.15) is 0 Å². The van der Waals surface area contributed by atoms with Crippen molar-refractivity contribution >= 4 is 17.4 Å². The first kappa shape index (κ1) is 9.01. The molecule has 0 spiro atoms. The Balaban J connectivity index is 2.49. The van der Waals surface area contributed by atoms with Gasteiger partial charge in [-0.05, 0) is 12.8 Å². The number of ether oxygens (including phenoxy) is 1. The molecule has 0 amide bonds. The molecule has 1 unspecified atom stereocenters. The fourth-order valence-corrected chi connectivity index (χ4v) is 1.54. The van der Waals surface area contributed by atoms with Gasteiger partial charge in [-0.15, -0.1) is 0 Å². The van der Waals surface area contributed by atoms with Gasteiger partial charge in [-0.3, -0.25) is 4.79 Å². The number of carbonyl (C=O) groups is 1. The number of alkyl halides is 1. The molecule has 0 bridgehead atoms. The van der Waals surface area contributed by atoms with E-state index in [1.807, 2.05) is 6.92 Å². The molecule has 0 aromatic carbocycles. The maximum Gasteiger partial charge on any atom is 0.200 e. The number of hydrogen-bond acceptors (Lipinski definition) is 2. The van der Waals surface area contributed by atoms with Gasteiger partial charge in [-0.25, -0.2) is 0 Å². The second-order valence-corrected chi connectivity index (χ2v) is 3.46. The van der Waals surface area contributed by atoms with Gasteiger partial charge in [0, 0.05) is 19.4 Å². The lowest BCUT2D eigenvalue weighted by Gasteiger charge is -2.17. The van der Waals surface area contributed by atoms with Gasteiger partial charge in [0.15, 0.2) is 10.8 Å². The Labute approximate surface area is 71.9 Å². The number of ketones is 1. The maximum atomic E-state index is 11.3. The van der Waals surface area contributed by atoms with E-state index < -0.39 is 5.06 Å². The molecule has 64 valence electrons. The van der Waals surface area contributed by atoms with E-state index in [1.54, 1.807) is 0 Å². The SMILES string of the molecule is CCCC(=O)C1(Cl)CCCO1. The van der Waals surface area contributed by atoms with Crippen LogP contribution in [0.15, 0.2) is 0 Å². The van der Waals surface area contributed by atoms with Crippen LogP contribution in [-0.2, 0) is 9.53 Å². The van der Waals surface area contributed by atoms with Crippen LogP contribution in [0.4, 0.5) is 0 Å². The van der Waals surface area contributed by atoms with Crippen molar-refractivity contribution in [1.29, 1.82) is 0 Å². The number of halogens is 1. The number of rotatable bonds is 3. The van der Waals surface area contributed by atoms with E-state index in [0.29, 0.717) is 19.4 Å². The summed E-state index contributed by atoms with van der Waals surface area (Å²) in [5.41, 5.74) is 0. The summed E-state index contributed by atoms with van der Waals surface area (Å²) in [6.07, 6.45) is 2.95. The van der Waals surface area contributed by atoms with E-state index in [0.717, 1.165) is 12.8 Å². The highest BCUT2D eigenvalue weighted by molar-refractivity contribution is 6.34. The molecule has 3 heteroatoms. The Morgan fingerprint density at radius 1 is 1.73 bits per heavy atom. The second kappa shape index (κ2) is 3.55. The van der Waals surface area contributed by atoms with Crippen molar-refractivity contribution in [3.63, 3.8) is 0 Å². The first-order chi connectivity index (χ1) is 5.19. The van der Waals surface area contributed by atoms with Crippen molar-refractivity contribution in [3.8, 4) is 0 Å². The fraction of sp³-hybridized carbons (Fsp3) is 0.875. The highest BCUT2D eigenvalue weighted by Crippen LogP contribution is 2.31. The molecule has 0 radical (unpaired) electrons. The Morgan fingerprint density at radius 3 is 2.91 bits per heavy atom. The topological polar surface area (TPSA) is 26.3 Å². The molecule has 0 aromatic heterocycles. The number of hydrogen-bond donors (Lipinski definition) is 0. The molecule has 0 aromatic rings. The van der Waals surface area contributed by atoms with Crippen molar-refractivity contribution in [2.24, 2.45) is 0 Å². The second-order valence-electron chi connectivity index (χ2n) is 2.85. The summed E-state index contributed by atoms with van der Waals surface area (Å²) in [5, 5.41) is -0.962. The van der Waals surface area contributed by atoms with Crippen LogP contribution < -0.4 is 0 Å². The molecule has 2 nitrogen and oxygen atoms in total. The lowest BCUT2D eigenvalue weighted by atomic mass is 10.1. The van der Waals surface area contributed by atoms with E-state index in [-0.39, 0.29) is 5.78 Å².